The van der Waals surface area contributed by atoms with Crippen molar-refractivity contribution in [3.05, 3.63) is 35.9 Å². The van der Waals surface area contributed by atoms with Gasteiger partial charge in [0.05, 0.1) is 19.3 Å². The van der Waals surface area contributed by atoms with Crippen LogP contribution in [-0.2, 0) is 16.0 Å². The average molecular weight is 249 g/mol. The summed E-state index contributed by atoms with van der Waals surface area (Å²) in [5.41, 5.74) is 9.80. The van der Waals surface area contributed by atoms with Gasteiger partial charge >= 0.3 is 0 Å². The Hall–Kier alpha value is -1.43. The van der Waals surface area contributed by atoms with E-state index in [1.165, 1.54) is 0 Å². The molecule has 1 aromatic rings. The highest BCUT2D eigenvalue weighted by atomic mass is 16.5. The lowest BCUT2D eigenvalue weighted by Crippen LogP contribution is -2.53. The number of morpholine rings is 1. The number of carbonyl (C=O) groups is 1. The molecule has 98 valence electrons. The first kappa shape index (κ1) is 13.0. The van der Waals surface area contributed by atoms with Crippen molar-refractivity contribution < 1.29 is 9.53 Å². The summed E-state index contributed by atoms with van der Waals surface area (Å²) >= 11 is 0. The van der Waals surface area contributed by atoms with Crippen LogP contribution in [0.2, 0.25) is 0 Å². The number of nitrogens with one attached hydrogen (secondary N) is 1. The Morgan fingerprint density at radius 3 is 2.67 bits per heavy atom. The molecule has 18 heavy (non-hydrogen) atoms. The van der Waals surface area contributed by atoms with E-state index in [0.29, 0.717) is 32.7 Å². The summed E-state index contributed by atoms with van der Waals surface area (Å²) < 4.78 is 5.21. The predicted octanol–water partition coefficient (Wildman–Crippen LogP) is -0.0802. The van der Waals surface area contributed by atoms with E-state index < -0.39 is 6.04 Å². The van der Waals surface area contributed by atoms with Crippen LogP contribution in [0.1, 0.15) is 5.56 Å². The molecule has 5 heteroatoms. The van der Waals surface area contributed by atoms with E-state index in [2.05, 4.69) is 5.43 Å². The van der Waals surface area contributed by atoms with Crippen molar-refractivity contribution in [2.45, 2.75) is 12.5 Å². The summed E-state index contributed by atoms with van der Waals surface area (Å²) in [6.07, 6.45) is 0.553. The Kier molecular flexibility index (Phi) is 4.69. The van der Waals surface area contributed by atoms with Gasteiger partial charge in [-0.3, -0.25) is 10.2 Å². The number of amides is 1. The van der Waals surface area contributed by atoms with E-state index in [1.54, 1.807) is 0 Å². The average Bonchev–Trinajstić information content (AvgIpc) is 2.41. The van der Waals surface area contributed by atoms with Crippen LogP contribution in [0.15, 0.2) is 30.3 Å². The van der Waals surface area contributed by atoms with Crippen molar-refractivity contribution in [2.75, 3.05) is 26.3 Å². The molecule has 0 saturated carbocycles. The third-order valence-corrected chi connectivity index (χ3v) is 2.91. The second-order valence-electron chi connectivity index (χ2n) is 4.37. The minimum atomic E-state index is -0.518. The summed E-state index contributed by atoms with van der Waals surface area (Å²) in [5.74, 6) is -0.138. The topological polar surface area (TPSA) is 67.6 Å². The van der Waals surface area contributed by atoms with Crippen molar-refractivity contribution in [1.82, 2.24) is 10.4 Å². The van der Waals surface area contributed by atoms with E-state index in [4.69, 9.17) is 10.5 Å². The van der Waals surface area contributed by atoms with Gasteiger partial charge in [0.2, 0.25) is 0 Å². The molecule has 0 aromatic heterocycles. The zero-order valence-corrected chi connectivity index (χ0v) is 10.3. The summed E-state index contributed by atoms with van der Waals surface area (Å²) in [5, 5.41) is 1.86. The quantitative estimate of drug-likeness (QED) is 0.783. The summed E-state index contributed by atoms with van der Waals surface area (Å²) in [6.45, 7) is 2.72. The fourth-order valence-corrected chi connectivity index (χ4v) is 1.87. The van der Waals surface area contributed by atoms with Gasteiger partial charge < -0.3 is 10.5 Å². The molecule has 1 fully saturated rings. The summed E-state index contributed by atoms with van der Waals surface area (Å²) in [7, 11) is 0. The van der Waals surface area contributed by atoms with Crippen LogP contribution in [0.4, 0.5) is 0 Å². The van der Waals surface area contributed by atoms with E-state index in [0.717, 1.165) is 5.56 Å². The number of rotatable bonds is 4. The molecule has 1 heterocycles. The molecule has 0 bridgehead atoms. The molecule has 0 aliphatic carbocycles. The minimum Gasteiger partial charge on any atom is -0.379 e. The number of carbonyl (C=O) groups excluding carboxylic acids is 1. The lowest BCUT2D eigenvalue weighted by atomic mass is 10.1. The third-order valence-electron chi connectivity index (χ3n) is 2.91. The number of hydrogen-bond acceptors (Lipinski definition) is 4. The van der Waals surface area contributed by atoms with Gasteiger partial charge in [0, 0.05) is 13.1 Å². The van der Waals surface area contributed by atoms with Crippen molar-refractivity contribution in [2.24, 2.45) is 5.73 Å². The first-order valence-corrected chi connectivity index (χ1v) is 6.18. The largest absolute Gasteiger partial charge is 0.379 e. The lowest BCUT2D eigenvalue weighted by molar-refractivity contribution is -0.129. The number of ether oxygens (including phenoxy) is 1. The van der Waals surface area contributed by atoms with Gasteiger partial charge in [-0.1, -0.05) is 30.3 Å². The van der Waals surface area contributed by atoms with Crippen LogP contribution in [0.5, 0.6) is 0 Å². The fraction of sp³-hybridized carbons (Fsp3) is 0.462. The highest BCUT2D eigenvalue weighted by Gasteiger charge is 2.18. The van der Waals surface area contributed by atoms with E-state index in [1.807, 2.05) is 35.3 Å². The zero-order valence-electron chi connectivity index (χ0n) is 10.3. The first-order valence-electron chi connectivity index (χ1n) is 6.18. The Bertz CT molecular complexity index is 377. The van der Waals surface area contributed by atoms with Gasteiger partial charge in [0.15, 0.2) is 0 Å². The third kappa shape index (κ3) is 3.80. The fourth-order valence-electron chi connectivity index (χ4n) is 1.87. The normalized spacial score (nSPS) is 18.3. The molecule has 0 spiro atoms. The molecule has 0 radical (unpaired) electrons. The van der Waals surface area contributed by atoms with Gasteiger partial charge in [0.1, 0.15) is 0 Å². The van der Waals surface area contributed by atoms with Gasteiger partial charge in [-0.25, -0.2) is 5.01 Å². The van der Waals surface area contributed by atoms with Gasteiger partial charge in [-0.15, -0.1) is 0 Å². The molecule has 1 aromatic carbocycles. The number of benzene rings is 1. The van der Waals surface area contributed by atoms with Crippen LogP contribution >= 0.6 is 0 Å². The number of nitrogens with zero attached hydrogens (tertiary/aromatic N) is 1. The number of hydrogen-bond donors (Lipinski definition) is 2. The van der Waals surface area contributed by atoms with Crippen molar-refractivity contribution >= 4 is 5.91 Å². The molecule has 1 saturated heterocycles. The highest BCUT2D eigenvalue weighted by Crippen LogP contribution is 2.02. The monoisotopic (exact) mass is 249 g/mol. The molecule has 1 aliphatic rings. The Labute approximate surface area is 107 Å². The Morgan fingerprint density at radius 2 is 2.00 bits per heavy atom. The number of hydrazine groups is 1. The molecule has 2 rings (SSSR count). The molecule has 1 aliphatic heterocycles. The Balaban J connectivity index is 1.81. The minimum absolute atomic E-state index is 0.138. The SMILES string of the molecule is N[C@@H](Cc1ccccc1)C(=O)NN1CCOCC1. The maximum Gasteiger partial charge on any atom is 0.251 e. The van der Waals surface area contributed by atoms with Crippen molar-refractivity contribution in [3.8, 4) is 0 Å². The smallest absolute Gasteiger partial charge is 0.251 e. The van der Waals surface area contributed by atoms with Crippen LogP contribution in [0.25, 0.3) is 0 Å². The maximum atomic E-state index is 11.9. The molecule has 5 nitrogen and oxygen atoms in total. The van der Waals surface area contributed by atoms with Crippen LogP contribution < -0.4 is 11.2 Å². The predicted molar refractivity (Wildman–Crippen MR) is 68.7 cm³/mol. The molecular weight excluding hydrogens is 230 g/mol. The lowest BCUT2D eigenvalue weighted by Gasteiger charge is -2.28. The van der Waals surface area contributed by atoms with Crippen LogP contribution in [-0.4, -0.2) is 43.3 Å². The van der Waals surface area contributed by atoms with Gasteiger partial charge in [-0.05, 0) is 12.0 Å². The van der Waals surface area contributed by atoms with Crippen LogP contribution in [0, 0.1) is 0 Å². The molecule has 1 amide bonds. The van der Waals surface area contributed by atoms with E-state index in [9.17, 15) is 4.79 Å². The summed E-state index contributed by atoms with van der Waals surface area (Å²) in [6, 6.07) is 9.27. The molecule has 1 atom stereocenters. The van der Waals surface area contributed by atoms with E-state index >= 15 is 0 Å². The second-order valence-corrected chi connectivity index (χ2v) is 4.37. The molecular formula is C13H19N3O2. The van der Waals surface area contributed by atoms with Gasteiger partial charge in [0.25, 0.3) is 5.91 Å². The second kappa shape index (κ2) is 6.49. The number of nitrogens with two attached hydrogens (primary N) is 1. The van der Waals surface area contributed by atoms with Crippen LogP contribution in [0.3, 0.4) is 0 Å². The molecule has 0 unspecified atom stereocenters. The standard InChI is InChI=1S/C13H19N3O2/c14-12(10-11-4-2-1-3-5-11)13(17)15-16-6-8-18-9-7-16/h1-5,12H,6-10,14H2,(H,15,17)/t12-/m0/s1. The maximum absolute atomic E-state index is 11.9. The molecule has 3 N–H and O–H groups in total. The van der Waals surface area contributed by atoms with Crippen molar-refractivity contribution in [1.29, 1.82) is 0 Å². The van der Waals surface area contributed by atoms with Crippen molar-refractivity contribution in [3.63, 3.8) is 0 Å². The zero-order chi connectivity index (χ0) is 12.8. The highest BCUT2D eigenvalue weighted by molar-refractivity contribution is 5.81. The summed E-state index contributed by atoms with van der Waals surface area (Å²) in [4.78, 5) is 11.9. The van der Waals surface area contributed by atoms with E-state index in [-0.39, 0.29) is 5.91 Å². The Morgan fingerprint density at radius 1 is 1.33 bits per heavy atom. The van der Waals surface area contributed by atoms with Gasteiger partial charge in [-0.2, -0.15) is 0 Å². The first-order chi connectivity index (χ1) is 8.75.